The minimum absolute atomic E-state index is 0.0185. The van der Waals surface area contributed by atoms with Gasteiger partial charge >= 0.3 is 0 Å². The maximum atomic E-state index is 13.2. The van der Waals surface area contributed by atoms with Crippen molar-refractivity contribution in [3.05, 3.63) is 45.7 Å². The van der Waals surface area contributed by atoms with Crippen LogP contribution in [0.3, 0.4) is 0 Å². The zero-order valence-corrected chi connectivity index (χ0v) is 16.3. The molecule has 0 saturated carbocycles. The Hall–Kier alpha value is -2.21. The number of nitrogens with zero attached hydrogens (tertiary/aromatic N) is 3. The molecule has 0 aliphatic carbocycles. The molecular weight excluding hydrogens is 344 g/mol. The van der Waals surface area contributed by atoms with E-state index in [1.807, 2.05) is 36.1 Å². The molecule has 1 saturated heterocycles. The fraction of sp³-hybridized carbons (Fsp3) is 0.450. The van der Waals surface area contributed by atoms with Crippen LogP contribution >= 0.6 is 11.3 Å². The molecule has 136 valence electrons. The summed E-state index contributed by atoms with van der Waals surface area (Å²) in [5.41, 5.74) is 2.83. The van der Waals surface area contributed by atoms with Gasteiger partial charge in [0.2, 0.25) is 0 Å². The molecule has 5 nitrogen and oxygen atoms in total. The van der Waals surface area contributed by atoms with Gasteiger partial charge in [-0.05, 0) is 37.8 Å². The Morgan fingerprint density at radius 3 is 2.92 bits per heavy atom. The van der Waals surface area contributed by atoms with Gasteiger partial charge in [-0.15, -0.1) is 11.3 Å². The molecule has 4 rings (SSSR count). The average molecular weight is 369 g/mol. The van der Waals surface area contributed by atoms with Crippen molar-refractivity contribution in [2.24, 2.45) is 5.92 Å². The fourth-order valence-corrected chi connectivity index (χ4v) is 4.87. The molecular formula is C20H24N4OS. The van der Waals surface area contributed by atoms with E-state index in [0.29, 0.717) is 5.92 Å². The molecule has 0 radical (unpaired) electrons. The number of thiazole rings is 1. The third-order valence-electron chi connectivity index (χ3n) is 4.85. The van der Waals surface area contributed by atoms with Gasteiger partial charge in [-0.3, -0.25) is 4.79 Å². The van der Waals surface area contributed by atoms with Crippen LogP contribution in [0, 0.1) is 12.8 Å². The van der Waals surface area contributed by atoms with Crippen LogP contribution in [-0.4, -0.2) is 32.3 Å². The van der Waals surface area contributed by atoms with Gasteiger partial charge in [-0.1, -0.05) is 26.0 Å². The molecule has 0 bridgehead atoms. The van der Waals surface area contributed by atoms with Gasteiger partial charge in [0.05, 0.1) is 27.8 Å². The van der Waals surface area contributed by atoms with E-state index in [4.69, 9.17) is 4.98 Å². The summed E-state index contributed by atoms with van der Waals surface area (Å²) in [6.07, 6.45) is 2.87. The number of amides is 1. The number of aromatic nitrogens is 3. The van der Waals surface area contributed by atoms with Crippen LogP contribution in [0.15, 0.2) is 24.3 Å². The first-order valence-electron chi connectivity index (χ1n) is 9.25. The van der Waals surface area contributed by atoms with Crippen molar-refractivity contribution in [2.75, 3.05) is 6.54 Å². The predicted octanol–water partition coefficient (Wildman–Crippen LogP) is 4.50. The van der Waals surface area contributed by atoms with Crippen LogP contribution in [0.5, 0.6) is 0 Å². The van der Waals surface area contributed by atoms with Crippen molar-refractivity contribution in [1.82, 2.24) is 19.9 Å². The lowest BCUT2D eigenvalue weighted by Gasteiger charge is -2.22. The van der Waals surface area contributed by atoms with E-state index in [0.717, 1.165) is 58.2 Å². The van der Waals surface area contributed by atoms with Gasteiger partial charge in [0, 0.05) is 13.0 Å². The number of aryl methyl sites for hydroxylation is 1. The Morgan fingerprint density at radius 2 is 2.15 bits per heavy atom. The van der Waals surface area contributed by atoms with Gasteiger partial charge in [0.25, 0.3) is 5.91 Å². The quantitative estimate of drug-likeness (QED) is 0.737. The highest BCUT2D eigenvalue weighted by molar-refractivity contribution is 7.13. The summed E-state index contributed by atoms with van der Waals surface area (Å²) in [6.45, 7) is 7.07. The van der Waals surface area contributed by atoms with E-state index >= 15 is 0 Å². The highest BCUT2D eigenvalue weighted by Crippen LogP contribution is 2.34. The van der Waals surface area contributed by atoms with Gasteiger partial charge in [0.15, 0.2) is 0 Å². The second-order valence-electron chi connectivity index (χ2n) is 7.42. The Labute approximate surface area is 157 Å². The molecule has 1 unspecified atom stereocenters. The summed E-state index contributed by atoms with van der Waals surface area (Å²) in [7, 11) is 0. The highest BCUT2D eigenvalue weighted by atomic mass is 32.1. The predicted molar refractivity (Wildman–Crippen MR) is 104 cm³/mol. The maximum absolute atomic E-state index is 13.2. The lowest BCUT2D eigenvalue weighted by Crippen LogP contribution is -2.31. The number of aromatic amines is 1. The van der Waals surface area contributed by atoms with E-state index < -0.39 is 0 Å². The highest BCUT2D eigenvalue weighted by Gasteiger charge is 2.34. The average Bonchev–Trinajstić information content (AvgIpc) is 3.30. The van der Waals surface area contributed by atoms with Crippen molar-refractivity contribution in [3.63, 3.8) is 0 Å². The zero-order chi connectivity index (χ0) is 18.3. The topological polar surface area (TPSA) is 61.9 Å². The van der Waals surface area contributed by atoms with Crippen LogP contribution in [0.25, 0.3) is 11.0 Å². The van der Waals surface area contributed by atoms with Crippen LogP contribution < -0.4 is 0 Å². The number of hydrogen-bond donors (Lipinski definition) is 1. The molecule has 3 heterocycles. The molecule has 0 spiro atoms. The molecule has 1 atom stereocenters. The minimum Gasteiger partial charge on any atom is -0.340 e. The number of likely N-dealkylation sites (tertiary alicyclic amines) is 1. The van der Waals surface area contributed by atoms with Crippen molar-refractivity contribution < 1.29 is 4.79 Å². The number of imidazole rings is 1. The Kier molecular flexibility index (Phi) is 4.53. The van der Waals surface area contributed by atoms with Crippen molar-refractivity contribution >= 4 is 28.3 Å². The van der Waals surface area contributed by atoms with Gasteiger partial charge < -0.3 is 9.88 Å². The van der Waals surface area contributed by atoms with Gasteiger partial charge in [0.1, 0.15) is 10.7 Å². The number of hydrogen-bond acceptors (Lipinski definition) is 4. The Morgan fingerprint density at radius 1 is 1.35 bits per heavy atom. The van der Waals surface area contributed by atoms with Crippen molar-refractivity contribution in [2.45, 2.75) is 46.1 Å². The van der Waals surface area contributed by atoms with E-state index in [2.05, 4.69) is 23.8 Å². The monoisotopic (exact) mass is 368 g/mol. The van der Waals surface area contributed by atoms with E-state index in [1.54, 1.807) is 11.3 Å². The molecule has 1 aliphatic rings. The number of carbonyl (C=O) groups is 1. The summed E-state index contributed by atoms with van der Waals surface area (Å²) < 4.78 is 0. The molecule has 1 N–H and O–H groups in total. The number of benzene rings is 1. The number of H-pyrrole nitrogens is 1. The van der Waals surface area contributed by atoms with Crippen LogP contribution in [-0.2, 0) is 6.42 Å². The standard InChI is InChI=1S/C20H24N4OS/c1-12(2)11-17-21-13(3)18(26-17)20(25)24-10-6-9-16(24)19-22-14-7-4-5-8-15(14)23-19/h4-5,7-8,12,16H,6,9-11H2,1-3H3,(H,22,23). The normalized spacial score (nSPS) is 17.5. The van der Waals surface area contributed by atoms with Crippen LogP contribution in [0.2, 0.25) is 0 Å². The van der Waals surface area contributed by atoms with E-state index in [-0.39, 0.29) is 11.9 Å². The summed E-state index contributed by atoms with van der Waals surface area (Å²) in [6, 6.07) is 8.03. The second-order valence-corrected chi connectivity index (χ2v) is 8.50. The number of rotatable bonds is 4. The first-order chi connectivity index (χ1) is 12.5. The molecule has 1 aromatic carbocycles. The van der Waals surface area contributed by atoms with Crippen molar-refractivity contribution in [3.8, 4) is 0 Å². The first kappa shape index (κ1) is 17.2. The summed E-state index contributed by atoms with van der Waals surface area (Å²) in [5, 5.41) is 1.06. The lowest BCUT2D eigenvalue weighted by atomic mass is 10.1. The number of nitrogens with one attached hydrogen (secondary N) is 1. The zero-order valence-electron chi connectivity index (χ0n) is 15.5. The molecule has 2 aromatic heterocycles. The van der Waals surface area contributed by atoms with E-state index in [9.17, 15) is 4.79 Å². The third-order valence-corrected chi connectivity index (χ3v) is 6.02. The molecule has 3 aromatic rings. The first-order valence-corrected chi connectivity index (χ1v) is 10.1. The minimum atomic E-state index is 0.0185. The molecule has 26 heavy (non-hydrogen) atoms. The van der Waals surface area contributed by atoms with E-state index in [1.165, 1.54) is 0 Å². The second kappa shape index (κ2) is 6.83. The lowest BCUT2D eigenvalue weighted by molar-refractivity contribution is 0.0734. The summed E-state index contributed by atoms with van der Waals surface area (Å²) in [5.74, 6) is 1.53. The number of para-hydroxylation sites is 2. The van der Waals surface area contributed by atoms with Crippen molar-refractivity contribution in [1.29, 1.82) is 0 Å². The summed E-state index contributed by atoms with van der Waals surface area (Å²) >= 11 is 1.55. The largest absolute Gasteiger partial charge is 0.340 e. The molecule has 1 fully saturated rings. The molecule has 1 amide bonds. The molecule has 1 aliphatic heterocycles. The molecule has 6 heteroatoms. The van der Waals surface area contributed by atoms with Gasteiger partial charge in [-0.25, -0.2) is 9.97 Å². The maximum Gasteiger partial charge on any atom is 0.266 e. The third kappa shape index (κ3) is 3.14. The van der Waals surface area contributed by atoms with Crippen LogP contribution in [0.1, 0.15) is 58.9 Å². The fourth-order valence-electron chi connectivity index (χ4n) is 3.64. The van der Waals surface area contributed by atoms with Crippen LogP contribution in [0.4, 0.5) is 0 Å². The SMILES string of the molecule is Cc1nc(CC(C)C)sc1C(=O)N1CCCC1c1nc2ccccc2[nH]1. The smallest absolute Gasteiger partial charge is 0.266 e. The number of fused-ring (bicyclic) bond motifs is 1. The Bertz CT molecular complexity index is 909. The van der Waals surface area contributed by atoms with Gasteiger partial charge in [-0.2, -0.15) is 0 Å². The number of carbonyl (C=O) groups excluding carboxylic acids is 1. The summed E-state index contributed by atoms with van der Waals surface area (Å²) in [4.78, 5) is 28.7. The Balaban J connectivity index is 1.62.